The van der Waals surface area contributed by atoms with E-state index in [9.17, 15) is 14.5 Å². The van der Waals surface area contributed by atoms with Crippen LogP contribution in [0.4, 0.5) is 5.82 Å². The van der Waals surface area contributed by atoms with Crippen LogP contribution in [-0.4, -0.2) is 43.3 Å². The second-order valence-corrected chi connectivity index (χ2v) is 5.50. The van der Waals surface area contributed by atoms with Gasteiger partial charge in [-0.05, 0) is 6.07 Å². The summed E-state index contributed by atoms with van der Waals surface area (Å²) in [5.74, 6) is 0.0613. The lowest BCUT2D eigenvalue weighted by Crippen LogP contribution is -2.28. The minimum absolute atomic E-state index is 0.0613. The van der Waals surface area contributed by atoms with Crippen molar-refractivity contribution in [3.63, 3.8) is 0 Å². The molecule has 20 heavy (non-hydrogen) atoms. The zero-order chi connectivity index (χ0) is 14.9. The molecule has 0 bridgehead atoms. The van der Waals surface area contributed by atoms with Crippen LogP contribution in [0.15, 0.2) is 17.1 Å². The van der Waals surface area contributed by atoms with Crippen molar-refractivity contribution < 1.29 is 28.7 Å². The molecule has 0 aromatic carbocycles. The quantitative estimate of drug-likeness (QED) is 0.490. The number of phosphoric acid groups is 1. The summed E-state index contributed by atoms with van der Waals surface area (Å²) < 4.78 is 21.3. The predicted molar refractivity (Wildman–Crippen MR) is 65.4 cm³/mol. The van der Waals surface area contributed by atoms with Gasteiger partial charge in [0, 0.05) is 12.6 Å². The fourth-order valence-corrected chi connectivity index (χ4v) is 2.19. The zero-order valence-corrected chi connectivity index (χ0v) is 11.1. The highest BCUT2D eigenvalue weighted by Crippen LogP contribution is 2.38. The van der Waals surface area contributed by atoms with E-state index >= 15 is 0 Å². The van der Waals surface area contributed by atoms with Gasteiger partial charge in [-0.1, -0.05) is 0 Å². The van der Waals surface area contributed by atoms with E-state index in [0.717, 1.165) is 4.57 Å². The third-order valence-corrected chi connectivity index (χ3v) is 3.26. The van der Waals surface area contributed by atoms with Gasteiger partial charge in [-0.15, -0.1) is 0 Å². The molecule has 0 amide bonds. The minimum atomic E-state index is -4.64. The van der Waals surface area contributed by atoms with Crippen LogP contribution in [0.1, 0.15) is 12.6 Å². The first kappa shape index (κ1) is 15.1. The smallest absolute Gasteiger partial charge is 0.390 e. The van der Waals surface area contributed by atoms with Crippen molar-refractivity contribution >= 4 is 13.6 Å². The second kappa shape index (κ2) is 5.60. The van der Waals surface area contributed by atoms with E-state index in [4.69, 9.17) is 20.3 Å². The molecule has 5 N–H and O–H groups in total. The lowest BCUT2D eigenvalue weighted by molar-refractivity contribution is -0.0450. The zero-order valence-electron chi connectivity index (χ0n) is 10.2. The summed E-state index contributed by atoms with van der Waals surface area (Å²) in [7, 11) is -4.64. The largest absolute Gasteiger partial charge is 0.469 e. The average Bonchev–Trinajstić information content (AvgIpc) is 2.67. The number of nitrogens with zero attached hydrogens (tertiary/aromatic N) is 2. The van der Waals surface area contributed by atoms with Gasteiger partial charge >= 0.3 is 13.5 Å². The standard InChI is InChI=1S/C9H14N3O7P/c10-7-1-2-12(9(14)11-7)8-3-5(13)6(19-8)4-18-20(15,16)17/h1-2,5-6,8,13H,3-4H2,(H2,10,11,14)(H2,15,16,17)/t5-,6+,8?/m0/s1. The van der Waals surface area contributed by atoms with Crippen molar-refractivity contribution in [2.24, 2.45) is 0 Å². The highest BCUT2D eigenvalue weighted by Gasteiger charge is 2.36. The van der Waals surface area contributed by atoms with E-state index in [-0.39, 0.29) is 12.2 Å². The van der Waals surface area contributed by atoms with E-state index in [0.29, 0.717) is 0 Å². The Morgan fingerprint density at radius 1 is 1.60 bits per heavy atom. The third-order valence-electron chi connectivity index (χ3n) is 2.77. The molecule has 10 nitrogen and oxygen atoms in total. The maximum Gasteiger partial charge on any atom is 0.469 e. The molecule has 1 aliphatic rings. The fraction of sp³-hybridized carbons (Fsp3) is 0.556. The van der Waals surface area contributed by atoms with E-state index in [2.05, 4.69) is 9.51 Å². The second-order valence-electron chi connectivity index (χ2n) is 4.26. The Bertz CT molecular complexity index is 585. The number of aromatic nitrogens is 2. The Hall–Kier alpha value is -1.29. The number of hydrogen-bond donors (Lipinski definition) is 4. The topological polar surface area (TPSA) is 157 Å². The van der Waals surface area contributed by atoms with Crippen LogP contribution in [0.2, 0.25) is 0 Å². The molecule has 1 fully saturated rings. The predicted octanol–water partition coefficient (Wildman–Crippen LogP) is -1.42. The molecule has 0 radical (unpaired) electrons. The van der Waals surface area contributed by atoms with E-state index in [1.165, 1.54) is 12.3 Å². The molecule has 1 unspecified atom stereocenters. The summed E-state index contributed by atoms with van der Waals surface area (Å²) in [6, 6.07) is 1.40. The van der Waals surface area contributed by atoms with Crippen LogP contribution in [0, 0.1) is 0 Å². The maximum atomic E-state index is 11.6. The summed E-state index contributed by atoms with van der Waals surface area (Å²) in [6.07, 6.45) is -1.32. The van der Waals surface area contributed by atoms with E-state index < -0.39 is 38.6 Å². The van der Waals surface area contributed by atoms with Crippen LogP contribution in [-0.2, 0) is 13.8 Å². The Morgan fingerprint density at radius 2 is 2.30 bits per heavy atom. The molecule has 112 valence electrons. The number of aliphatic hydroxyl groups is 1. The molecule has 0 saturated carbocycles. The Kier molecular flexibility index (Phi) is 4.23. The van der Waals surface area contributed by atoms with Gasteiger partial charge in [0.2, 0.25) is 0 Å². The maximum absolute atomic E-state index is 11.6. The van der Waals surface area contributed by atoms with Gasteiger partial charge in [-0.2, -0.15) is 4.98 Å². The van der Waals surface area contributed by atoms with Crippen molar-refractivity contribution in [1.29, 1.82) is 0 Å². The minimum Gasteiger partial charge on any atom is -0.390 e. The molecule has 1 aromatic rings. The number of ether oxygens (including phenoxy) is 1. The van der Waals surface area contributed by atoms with Crippen molar-refractivity contribution in [2.75, 3.05) is 12.3 Å². The number of nitrogens with two attached hydrogens (primary N) is 1. The van der Waals surface area contributed by atoms with E-state index in [1.807, 2.05) is 0 Å². The lowest BCUT2D eigenvalue weighted by Gasteiger charge is -2.16. The molecule has 3 atom stereocenters. The highest BCUT2D eigenvalue weighted by molar-refractivity contribution is 7.46. The number of aliphatic hydroxyl groups excluding tert-OH is 1. The summed E-state index contributed by atoms with van der Waals surface area (Å²) in [4.78, 5) is 32.3. The van der Waals surface area contributed by atoms with Crippen LogP contribution in [0.25, 0.3) is 0 Å². The van der Waals surface area contributed by atoms with Gasteiger partial charge in [0.1, 0.15) is 18.1 Å². The van der Waals surface area contributed by atoms with E-state index in [1.54, 1.807) is 0 Å². The number of phosphoric ester groups is 1. The van der Waals surface area contributed by atoms with Crippen molar-refractivity contribution in [3.8, 4) is 0 Å². The van der Waals surface area contributed by atoms with Gasteiger partial charge in [0.05, 0.1) is 12.7 Å². The Labute approximate surface area is 113 Å². The molecular weight excluding hydrogens is 293 g/mol. The van der Waals surface area contributed by atoms with Crippen LogP contribution >= 0.6 is 7.82 Å². The van der Waals surface area contributed by atoms with Crippen LogP contribution in [0.3, 0.4) is 0 Å². The molecule has 1 saturated heterocycles. The van der Waals surface area contributed by atoms with Crippen molar-refractivity contribution in [3.05, 3.63) is 22.7 Å². The number of rotatable bonds is 4. The van der Waals surface area contributed by atoms with Crippen LogP contribution in [0.5, 0.6) is 0 Å². The van der Waals surface area contributed by atoms with Gasteiger partial charge in [-0.3, -0.25) is 9.09 Å². The molecule has 0 spiro atoms. The number of hydrogen-bond acceptors (Lipinski definition) is 7. The molecule has 2 heterocycles. The highest BCUT2D eigenvalue weighted by atomic mass is 31.2. The first-order valence-electron chi connectivity index (χ1n) is 5.64. The molecule has 0 aliphatic carbocycles. The number of nitrogen functional groups attached to an aromatic ring is 1. The van der Waals surface area contributed by atoms with Crippen molar-refractivity contribution in [1.82, 2.24) is 9.55 Å². The first-order chi connectivity index (χ1) is 9.26. The number of anilines is 1. The van der Waals surface area contributed by atoms with Gasteiger partial charge in [0.25, 0.3) is 0 Å². The molecule has 11 heteroatoms. The molecule has 1 aromatic heterocycles. The van der Waals surface area contributed by atoms with Gasteiger partial charge in [0.15, 0.2) is 0 Å². The summed E-state index contributed by atoms with van der Waals surface area (Å²) in [6.45, 7) is -0.487. The monoisotopic (exact) mass is 307 g/mol. The Morgan fingerprint density at radius 3 is 2.90 bits per heavy atom. The molecule has 1 aliphatic heterocycles. The molecule has 2 rings (SSSR count). The third kappa shape index (κ3) is 3.63. The summed E-state index contributed by atoms with van der Waals surface area (Å²) in [5, 5.41) is 9.74. The van der Waals surface area contributed by atoms with Gasteiger partial charge in [-0.25, -0.2) is 9.36 Å². The average molecular weight is 307 g/mol. The normalized spacial score (nSPS) is 26.9. The fourth-order valence-electron chi connectivity index (χ4n) is 1.85. The first-order valence-corrected chi connectivity index (χ1v) is 7.17. The molecular formula is C9H14N3O7P. The summed E-state index contributed by atoms with van der Waals surface area (Å²) >= 11 is 0. The lowest BCUT2D eigenvalue weighted by atomic mass is 10.2. The summed E-state index contributed by atoms with van der Waals surface area (Å²) in [5.41, 5.74) is 4.72. The SMILES string of the molecule is Nc1ccn(C2C[C@H](O)[C@@H](COP(=O)(O)O)O2)c(=O)n1. The Balaban J connectivity index is 2.06. The van der Waals surface area contributed by atoms with Crippen LogP contribution < -0.4 is 11.4 Å². The van der Waals surface area contributed by atoms with Crippen molar-refractivity contribution in [2.45, 2.75) is 24.9 Å². The van der Waals surface area contributed by atoms with Gasteiger partial charge < -0.3 is 25.4 Å².